The molecule has 3 aromatic rings. The normalized spacial score (nSPS) is 12.7. The lowest BCUT2D eigenvalue weighted by Gasteiger charge is -2.22. The number of hydrogen-bond donors (Lipinski definition) is 2. The molecule has 0 spiro atoms. The molecule has 1 aromatic heterocycles. The van der Waals surface area contributed by atoms with E-state index in [-0.39, 0.29) is 11.8 Å². The van der Waals surface area contributed by atoms with Gasteiger partial charge in [-0.3, -0.25) is 9.59 Å². The summed E-state index contributed by atoms with van der Waals surface area (Å²) in [5.74, 6) is 0.802. The molecule has 2 atom stereocenters. The summed E-state index contributed by atoms with van der Waals surface area (Å²) in [6, 6.07) is 15.0. The van der Waals surface area contributed by atoms with Crippen molar-refractivity contribution in [3.05, 3.63) is 83.9 Å². The summed E-state index contributed by atoms with van der Waals surface area (Å²) >= 11 is 0. The SMILES string of the molecule is COc1ccc(C(NC(=O)C(C)NC(=O)c2ccccc2)c2nccn2C)cc1. The third-order valence-electron chi connectivity index (χ3n) is 4.63. The number of ether oxygens (including phenoxy) is 1. The van der Waals surface area contributed by atoms with E-state index in [9.17, 15) is 9.59 Å². The van der Waals surface area contributed by atoms with Crippen LogP contribution in [0.2, 0.25) is 0 Å². The van der Waals surface area contributed by atoms with E-state index < -0.39 is 12.1 Å². The molecule has 7 heteroatoms. The summed E-state index contributed by atoms with van der Waals surface area (Å²) < 4.78 is 7.06. The first-order valence-electron chi connectivity index (χ1n) is 9.27. The van der Waals surface area contributed by atoms with Crippen molar-refractivity contribution >= 4 is 11.8 Å². The molecule has 0 bridgehead atoms. The molecule has 150 valence electrons. The third-order valence-corrected chi connectivity index (χ3v) is 4.63. The molecule has 0 fully saturated rings. The van der Waals surface area contributed by atoms with Gasteiger partial charge in [0, 0.05) is 25.0 Å². The predicted molar refractivity (Wildman–Crippen MR) is 110 cm³/mol. The zero-order chi connectivity index (χ0) is 20.8. The molecule has 7 nitrogen and oxygen atoms in total. The fraction of sp³-hybridized carbons (Fsp3) is 0.227. The van der Waals surface area contributed by atoms with Crippen molar-refractivity contribution < 1.29 is 14.3 Å². The molecule has 29 heavy (non-hydrogen) atoms. The standard InChI is InChI=1S/C22H24N4O3/c1-15(24-22(28)17-7-5-4-6-8-17)21(27)25-19(20-23-13-14-26(20)2)16-9-11-18(29-3)12-10-16/h4-15,19H,1-3H3,(H,24,28)(H,25,27). The fourth-order valence-corrected chi connectivity index (χ4v) is 2.95. The Morgan fingerprint density at radius 3 is 2.31 bits per heavy atom. The van der Waals surface area contributed by atoms with Crippen LogP contribution in [0.4, 0.5) is 0 Å². The molecule has 2 amide bonds. The summed E-state index contributed by atoms with van der Waals surface area (Å²) in [5.41, 5.74) is 1.36. The minimum atomic E-state index is -0.719. The maximum Gasteiger partial charge on any atom is 0.251 e. The van der Waals surface area contributed by atoms with E-state index in [0.717, 1.165) is 11.3 Å². The van der Waals surface area contributed by atoms with Gasteiger partial charge in [0.2, 0.25) is 5.91 Å². The van der Waals surface area contributed by atoms with Gasteiger partial charge in [-0.05, 0) is 36.8 Å². The molecule has 1 heterocycles. The fourth-order valence-electron chi connectivity index (χ4n) is 2.95. The number of carbonyl (C=O) groups excluding carboxylic acids is 2. The quantitative estimate of drug-likeness (QED) is 0.647. The van der Waals surface area contributed by atoms with E-state index in [2.05, 4.69) is 15.6 Å². The number of rotatable bonds is 7. The van der Waals surface area contributed by atoms with Crippen molar-refractivity contribution in [2.75, 3.05) is 7.11 Å². The van der Waals surface area contributed by atoms with Crippen molar-refractivity contribution in [2.24, 2.45) is 7.05 Å². The zero-order valence-electron chi connectivity index (χ0n) is 16.6. The Kier molecular flexibility index (Phi) is 6.29. The Balaban J connectivity index is 1.77. The molecule has 3 rings (SSSR count). The average Bonchev–Trinajstić information content (AvgIpc) is 3.18. The summed E-state index contributed by atoms with van der Waals surface area (Å²) in [4.78, 5) is 29.6. The minimum Gasteiger partial charge on any atom is -0.497 e. The molecule has 2 unspecified atom stereocenters. The van der Waals surface area contributed by atoms with Crippen LogP contribution in [0.3, 0.4) is 0 Å². The van der Waals surface area contributed by atoms with Gasteiger partial charge in [-0.25, -0.2) is 4.98 Å². The highest BCUT2D eigenvalue weighted by Crippen LogP contribution is 2.23. The summed E-state index contributed by atoms with van der Waals surface area (Å²) in [5, 5.41) is 5.73. The molecule has 0 aliphatic rings. The number of nitrogens with zero attached hydrogens (tertiary/aromatic N) is 2. The van der Waals surface area contributed by atoms with Crippen LogP contribution >= 0.6 is 0 Å². The van der Waals surface area contributed by atoms with Crippen molar-refractivity contribution in [1.82, 2.24) is 20.2 Å². The highest BCUT2D eigenvalue weighted by molar-refractivity contribution is 5.97. The van der Waals surface area contributed by atoms with E-state index in [1.165, 1.54) is 0 Å². The van der Waals surface area contributed by atoms with E-state index in [0.29, 0.717) is 11.4 Å². The van der Waals surface area contributed by atoms with Crippen molar-refractivity contribution in [3.8, 4) is 5.75 Å². The van der Waals surface area contributed by atoms with Crippen molar-refractivity contribution in [1.29, 1.82) is 0 Å². The maximum atomic E-state index is 12.8. The Hall–Kier alpha value is -3.61. The summed E-state index contributed by atoms with van der Waals surface area (Å²) in [6.45, 7) is 1.65. The number of aryl methyl sites for hydroxylation is 1. The molecular weight excluding hydrogens is 368 g/mol. The Morgan fingerprint density at radius 2 is 1.72 bits per heavy atom. The molecule has 0 saturated heterocycles. The number of methoxy groups -OCH3 is 1. The largest absolute Gasteiger partial charge is 0.497 e. The second-order valence-corrected chi connectivity index (χ2v) is 6.67. The zero-order valence-corrected chi connectivity index (χ0v) is 16.6. The summed E-state index contributed by atoms with van der Waals surface area (Å²) in [6.07, 6.45) is 3.50. The van der Waals surface area contributed by atoms with E-state index >= 15 is 0 Å². The van der Waals surface area contributed by atoms with Crippen molar-refractivity contribution in [2.45, 2.75) is 19.0 Å². The second kappa shape index (κ2) is 9.05. The van der Waals surface area contributed by atoms with Gasteiger partial charge in [0.05, 0.1) is 7.11 Å². The van der Waals surface area contributed by atoms with Crippen LogP contribution in [0.15, 0.2) is 67.0 Å². The van der Waals surface area contributed by atoms with E-state index in [1.807, 2.05) is 48.1 Å². The Morgan fingerprint density at radius 1 is 1.03 bits per heavy atom. The van der Waals surface area contributed by atoms with Gasteiger partial charge in [-0.1, -0.05) is 30.3 Å². The Bertz CT molecular complexity index is 967. The number of hydrogen-bond acceptors (Lipinski definition) is 4. The monoisotopic (exact) mass is 392 g/mol. The van der Waals surface area contributed by atoms with Gasteiger partial charge < -0.3 is 19.9 Å². The Labute approximate surface area is 169 Å². The second-order valence-electron chi connectivity index (χ2n) is 6.67. The lowest BCUT2D eigenvalue weighted by atomic mass is 10.1. The molecular formula is C22H24N4O3. The number of amides is 2. The number of carbonyl (C=O) groups is 2. The minimum absolute atomic E-state index is 0.300. The first-order valence-corrected chi connectivity index (χ1v) is 9.27. The van der Waals surface area contributed by atoms with Crippen LogP contribution in [-0.2, 0) is 11.8 Å². The highest BCUT2D eigenvalue weighted by atomic mass is 16.5. The smallest absolute Gasteiger partial charge is 0.251 e. The lowest BCUT2D eigenvalue weighted by Crippen LogP contribution is -2.46. The average molecular weight is 392 g/mol. The molecule has 2 aromatic carbocycles. The van der Waals surface area contributed by atoms with Gasteiger partial charge in [0.15, 0.2) is 0 Å². The van der Waals surface area contributed by atoms with Crippen molar-refractivity contribution in [3.63, 3.8) is 0 Å². The van der Waals surface area contributed by atoms with Gasteiger partial charge in [0.25, 0.3) is 5.91 Å². The molecule has 0 aliphatic heterocycles. The van der Waals surface area contributed by atoms with Crippen LogP contribution in [0.1, 0.15) is 34.7 Å². The summed E-state index contributed by atoms with van der Waals surface area (Å²) in [7, 11) is 3.47. The van der Waals surface area contributed by atoms with Crippen LogP contribution in [0, 0.1) is 0 Å². The number of aromatic nitrogens is 2. The molecule has 0 saturated carbocycles. The predicted octanol–water partition coefficient (Wildman–Crippen LogP) is 2.45. The molecule has 0 aliphatic carbocycles. The van der Waals surface area contributed by atoms with Crippen LogP contribution < -0.4 is 15.4 Å². The van der Waals surface area contributed by atoms with Crippen LogP contribution in [0.5, 0.6) is 5.75 Å². The van der Waals surface area contributed by atoms with Gasteiger partial charge in [-0.15, -0.1) is 0 Å². The molecule has 0 radical (unpaired) electrons. The highest BCUT2D eigenvalue weighted by Gasteiger charge is 2.24. The number of benzene rings is 2. The number of imidazole rings is 1. The van der Waals surface area contributed by atoms with E-state index in [1.54, 1.807) is 44.5 Å². The van der Waals surface area contributed by atoms with Crippen LogP contribution in [-0.4, -0.2) is 34.5 Å². The lowest BCUT2D eigenvalue weighted by molar-refractivity contribution is -0.123. The maximum absolute atomic E-state index is 12.8. The topological polar surface area (TPSA) is 85.2 Å². The van der Waals surface area contributed by atoms with Crippen LogP contribution in [0.25, 0.3) is 0 Å². The molecule has 2 N–H and O–H groups in total. The van der Waals surface area contributed by atoms with Gasteiger partial charge in [0.1, 0.15) is 23.7 Å². The van der Waals surface area contributed by atoms with Gasteiger partial charge >= 0.3 is 0 Å². The number of nitrogens with one attached hydrogen (secondary N) is 2. The first kappa shape index (κ1) is 20.1. The first-order chi connectivity index (χ1) is 14.0. The third kappa shape index (κ3) is 4.82. The van der Waals surface area contributed by atoms with E-state index in [4.69, 9.17) is 4.74 Å². The van der Waals surface area contributed by atoms with Gasteiger partial charge in [-0.2, -0.15) is 0 Å².